The number of unbranched alkanes of at least 4 members (excludes halogenated alkanes) is 2. The zero-order valence-corrected chi connectivity index (χ0v) is 8.21. The first-order valence-corrected chi connectivity index (χ1v) is 4.92. The van der Waals surface area contributed by atoms with Crippen molar-refractivity contribution >= 4 is 0 Å². The van der Waals surface area contributed by atoms with Crippen molar-refractivity contribution < 1.29 is 0 Å². The zero-order chi connectivity index (χ0) is 9.52. The van der Waals surface area contributed by atoms with Gasteiger partial charge in [-0.3, -0.25) is 5.10 Å². The molecule has 1 atom stereocenters. The molecule has 1 N–H and O–H groups in total. The topological polar surface area (TPSA) is 28.7 Å². The second-order valence-corrected chi connectivity index (χ2v) is 3.29. The molecule has 1 heterocycles. The van der Waals surface area contributed by atoms with Crippen LogP contribution in [0.5, 0.6) is 0 Å². The first kappa shape index (κ1) is 10.0. The zero-order valence-electron chi connectivity index (χ0n) is 8.21. The Morgan fingerprint density at radius 2 is 2.54 bits per heavy atom. The van der Waals surface area contributed by atoms with Crippen LogP contribution in [0.15, 0.2) is 18.7 Å². The Balaban J connectivity index is 2.40. The van der Waals surface area contributed by atoms with Crippen LogP contribution in [0, 0.1) is 6.20 Å². The van der Waals surface area contributed by atoms with E-state index in [0.717, 1.165) is 12.1 Å². The Hall–Kier alpha value is -1.05. The van der Waals surface area contributed by atoms with Crippen LogP contribution in [0.25, 0.3) is 0 Å². The number of allylic oxidation sites excluding steroid dienone is 1. The molecule has 1 rings (SSSR count). The third-order valence-corrected chi connectivity index (χ3v) is 2.27. The van der Waals surface area contributed by atoms with Crippen LogP contribution in [-0.2, 0) is 0 Å². The number of hydrogen-bond donors (Lipinski definition) is 1. The summed E-state index contributed by atoms with van der Waals surface area (Å²) >= 11 is 0. The fourth-order valence-corrected chi connectivity index (χ4v) is 1.44. The molecule has 1 aromatic heterocycles. The van der Waals surface area contributed by atoms with Gasteiger partial charge in [0, 0.05) is 11.6 Å². The standard InChI is InChI=1S/C11H17N2/c1-3-5-6-7-10(4-2)11-8-9-12-13-11/h4,8,10H,2-3,5-7H2,1H3,(H,12,13). The van der Waals surface area contributed by atoms with Crippen molar-refractivity contribution in [2.45, 2.75) is 38.5 Å². The summed E-state index contributed by atoms with van der Waals surface area (Å²) in [4.78, 5) is 0. The molecule has 0 bridgehead atoms. The van der Waals surface area contributed by atoms with Crippen LogP contribution in [0.1, 0.15) is 44.2 Å². The largest absolute Gasteiger partial charge is 0.281 e. The van der Waals surface area contributed by atoms with E-state index in [2.05, 4.69) is 29.9 Å². The average Bonchev–Trinajstić information content (AvgIpc) is 2.65. The van der Waals surface area contributed by atoms with Gasteiger partial charge in [-0.15, -0.1) is 6.58 Å². The second-order valence-electron chi connectivity index (χ2n) is 3.29. The predicted octanol–water partition coefficient (Wildman–Crippen LogP) is 3.06. The minimum absolute atomic E-state index is 0.422. The smallest absolute Gasteiger partial charge is 0.113 e. The summed E-state index contributed by atoms with van der Waals surface area (Å²) < 4.78 is 0. The van der Waals surface area contributed by atoms with Gasteiger partial charge in [-0.2, -0.15) is 5.10 Å². The highest BCUT2D eigenvalue weighted by atomic mass is 15.1. The van der Waals surface area contributed by atoms with Crippen LogP contribution in [0.2, 0.25) is 0 Å². The van der Waals surface area contributed by atoms with Crippen molar-refractivity contribution in [1.29, 1.82) is 0 Å². The number of aromatic amines is 1. The Kier molecular flexibility index (Phi) is 4.30. The lowest BCUT2D eigenvalue weighted by Crippen LogP contribution is -1.95. The first-order chi connectivity index (χ1) is 6.38. The van der Waals surface area contributed by atoms with Crippen LogP contribution in [0.4, 0.5) is 0 Å². The number of aromatic nitrogens is 2. The van der Waals surface area contributed by atoms with Crippen molar-refractivity contribution in [1.82, 2.24) is 10.2 Å². The summed E-state index contributed by atoms with van der Waals surface area (Å²) in [5, 5.41) is 6.76. The highest BCUT2D eigenvalue weighted by Gasteiger charge is 2.07. The highest BCUT2D eigenvalue weighted by molar-refractivity contribution is 5.10. The minimum Gasteiger partial charge on any atom is -0.281 e. The lowest BCUT2D eigenvalue weighted by molar-refractivity contribution is 0.619. The Morgan fingerprint density at radius 1 is 1.69 bits per heavy atom. The number of hydrogen-bond acceptors (Lipinski definition) is 1. The summed E-state index contributed by atoms with van der Waals surface area (Å²) in [5.74, 6) is 0.422. The van der Waals surface area contributed by atoms with E-state index in [1.807, 2.05) is 12.1 Å². The summed E-state index contributed by atoms with van der Waals surface area (Å²) in [5.41, 5.74) is 1.13. The molecule has 0 aliphatic rings. The van der Waals surface area contributed by atoms with Crippen molar-refractivity contribution in [3.63, 3.8) is 0 Å². The van der Waals surface area contributed by atoms with Crippen molar-refractivity contribution in [2.24, 2.45) is 0 Å². The molecule has 0 amide bonds. The molecule has 1 radical (unpaired) electrons. The monoisotopic (exact) mass is 177 g/mol. The van der Waals surface area contributed by atoms with E-state index in [-0.39, 0.29) is 0 Å². The lowest BCUT2D eigenvalue weighted by Gasteiger charge is -2.08. The van der Waals surface area contributed by atoms with Gasteiger partial charge in [0.25, 0.3) is 0 Å². The molecule has 1 aromatic rings. The molecule has 0 fully saturated rings. The molecular weight excluding hydrogens is 160 g/mol. The van der Waals surface area contributed by atoms with E-state index < -0.39 is 0 Å². The van der Waals surface area contributed by atoms with Crippen LogP contribution < -0.4 is 0 Å². The third-order valence-electron chi connectivity index (χ3n) is 2.27. The normalized spacial score (nSPS) is 12.7. The van der Waals surface area contributed by atoms with Crippen LogP contribution in [0.3, 0.4) is 0 Å². The summed E-state index contributed by atoms with van der Waals surface area (Å²) in [6.07, 6.45) is 9.74. The molecule has 0 aliphatic carbocycles. The third kappa shape index (κ3) is 3.05. The Bertz CT molecular complexity index is 226. The molecule has 0 saturated heterocycles. The molecule has 0 aromatic carbocycles. The van der Waals surface area contributed by atoms with Crippen LogP contribution in [-0.4, -0.2) is 10.2 Å². The van der Waals surface area contributed by atoms with Gasteiger partial charge in [0.05, 0.1) is 0 Å². The molecule has 0 saturated carbocycles. The van der Waals surface area contributed by atoms with E-state index in [4.69, 9.17) is 0 Å². The molecule has 0 aliphatic heterocycles. The summed E-state index contributed by atoms with van der Waals surface area (Å²) in [7, 11) is 0. The van der Waals surface area contributed by atoms with E-state index in [1.165, 1.54) is 19.3 Å². The quantitative estimate of drug-likeness (QED) is 0.525. The van der Waals surface area contributed by atoms with Gasteiger partial charge < -0.3 is 0 Å². The lowest BCUT2D eigenvalue weighted by atomic mass is 9.98. The van der Waals surface area contributed by atoms with Crippen molar-refractivity contribution in [3.8, 4) is 0 Å². The number of H-pyrrole nitrogens is 1. The molecule has 2 nitrogen and oxygen atoms in total. The Morgan fingerprint density at radius 3 is 3.08 bits per heavy atom. The molecule has 1 unspecified atom stereocenters. The maximum absolute atomic E-state index is 3.83. The fourth-order valence-electron chi connectivity index (χ4n) is 1.44. The molecule has 0 spiro atoms. The van der Waals surface area contributed by atoms with Gasteiger partial charge in [0.1, 0.15) is 6.20 Å². The first-order valence-electron chi connectivity index (χ1n) is 4.92. The minimum atomic E-state index is 0.422. The average molecular weight is 177 g/mol. The van der Waals surface area contributed by atoms with Crippen molar-refractivity contribution in [3.05, 3.63) is 30.6 Å². The van der Waals surface area contributed by atoms with Gasteiger partial charge in [0.15, 0.2) is 0 Å². The van der Waals surface area contributed by atoms with Gasteiger partial charge in [-0.1, -0.05) is 32.3 Å². The highest BCUT2D eigenvalue weighted by Crippen LogP contribution is 2.20. The molecule has 13 heavy (non-hydrogen) atoms. The SMILES string of the molecule is C=CC(CCCCC)c1c[c]n[nH]1. The number of nitrogens with zero attached hydrogens (tertiary/aromatic N) is 1. The number of nitrogens with one attached hydrogen (secondary N) is 1. The van der Waals surface area contributed by atoms with Crippen LogP contribution >= 0.6 is 0 Å². The second kappa shape index (κ2) is 5.57. The van der Waals surface area contributed by atoms with Gasteiger partial charge in [-0.25, -0.2) is 0 Å². The van der Waals surface area contributed by atoms with E-state index in [0.29, 0.717) is 5.92 Å². The summed E-state index contributed by atoms with van der Waals surface area (Å²) in [6, 6.07) is 1.90. The fraction of sp³-hybridized carbons (Fsp3) is 0.545. The van der Waals surface area contributed by atoms with Gasteiger partial charge in [0.2, 0.25) is 0 Å². The molecule has 2 heteroatoms. The van der Waals surface area contributed by atoms with Gasteiger partial charge in [-0.05, 0) is 12.5 Å². The predicted molar refractivity (Wildman–Crippen MR) is 54.5 cm³/mol. The molecule has 71 valence electrons. The van der Waals surface area contributed by atoms with E-state index in [1.54, 1.807) is 0 Å². The maximum Gasteiger partial charge on any atom is 0.113 e. The van der Waals surface area contributed by atoms with E-state index >= 15 is 0 Å². The molecular formula is C11H17N2. The van der Waals surface area contributed by atoms with Crippen molar-refractivity contribution in [2.75, 3.05) is 0 Å². The summed E-state index contributed by atoms with van der Waals surface area (Å²) in [6.45, 7) is 6.05. The Labute approximate surface area is 80.1 Å². The van der Waals surface area contributed by atoms with Gasteiger partial charge >= 0.3 is 0 Å². The number of rotatable bonds is 6. The maximum atomic E-state index is 3.83. The van der Waals surface area contributed by atoms with E-state index in [9.17, 15) is 0 Å².